The van der Waals surface area contributed by atoms with Crippen molar-refractivity contribution in [3.05, 3.63) is 35.9 Å². The Morgan fingerprint density at radius 1 is 1.08 bits per heavy atom. The third-order valence-corrected chi connectivity index (χ3v) is 1.28. The van der Waals surface area contributed by atoms with Crippen LogP contribution in [0.1, 0.15) is 5.56 Å². The van der Waals surface area contributed by atoms with Crippen LogP contribution >= 0.6 is 11.6 Å². The number of rotatable bonds is 2. The van der Waals surface area contributed by atoms with Gasteiger partial charge < -0.3 is 10.2 Å². The Balaban J connectivity index is 0.000000261. The average Bonchev–Trinajstić information content (AvgIpc) is 2.19. The molecule has 2 nitrogen and oxygen atoms in total. The highest BCUT2D eigenvalue weighted by molar-refractivity contribution is 6.17. The number of hydrogen-bond donors (Lipinski definition) is 2. The van der Waals surface area contributed by atoms with Crippen LogP contribution in [0, 0.1) is 0 Å². The van der Waals surface area contributed by atoms with Crippen molar-refractivity contribution in [1.29, 1.82) is 0 Å². The minimum Gasteiger partial charge on any atom is -0.395 e. The highest BCUT2D eigenvalue weighted by Crippen LogP contribution is 1.95. The van der Waals surface area contributed by atoms with Gasteiger partial charge in [0.1, 0.15) is 0 Å². The molecule has 1 aromatic carbocycles. The van der Waals surface area contributed by atoms with Crippen LogP contribution in [0.2, 0.25) is 0 Å². The monoisotopic (exact) mass is 188 g/mol. The highest BCUT2D eigenvalue weighted by atomic mass is 35.5. The van der Waals surface area contributed by atoms with Crippen LogP contribution in [0.3, 0.4) is 0 Å². The smallest absolute Gasteiger partial charge is 0.0681 e. The van der Waals surface area contributed by atoms with Gasteiger partial charge in [-0.3, -0.25) is 0 Å². The number of hydrogen-bond acceptors (Lipinski definition) is 2. The van der Waals surface area contributed by atoms with Crippen LogP contribution in [0.25, 0.3) is 0 Å². The molecule has 0 aromatic heterocycles. The topological polar surface area (TPSA) is 40.5 Å². The predicted octanol–water partition coefficient (Wildman–Crippen LogP) is 1.40. The standard InChI is InChI=1S/C7H8O.C2H5ClO/c8-6-7-4-2-1-3-5-7;3-1-2-4/h1-5,8H,6H2;4H,1-2H2. The van der Waals surface area contributed by atoms with Crippen molar-refractivity contribution >= 4 is 11.6 Å². The molecule has 0 fully saturated rings. The van der Waals surface area contributed by atoms with Gasteiger partial charge in [0, 0.05) is 5.88 Å². The molecule has 0 amide bonds. The fourth-order valence-electron chi connectivity index (χ4n) is 0.583. The van der Waals surface area contributed by atoms with Gasteiger partial charge in [-0.1, -0.05) is 30.3 Å². The number of halogens is 1. The molecule has 0 heterocycles. The maximum atomic E-state index is 8.54. The summed E-state index contributed by atoms with van der Waals surface area (Å²) in [6.07, 6.45) is 0. The molecule has 0 saturated heterocycles. The van der Waals surface area contributed by atoms with Crippen molar-refractivity contribution in [2.45, 2.75) is 6.61 Å². The lowest BCUT2D eigenvalue weighted by Crippen LogP contribution is -1.77. The van der Waals surface area contributed by atoms with E-state index in [0.29, 0.717) is 5.88 Å². The first-order chi connectivity index (χ1) is 5.85. The van der Waals surface area contributed by atoms with Crippen molar-refractivity contribution in [2.75, 3.05) is 12.5 Å². The van der Waals surface area contributed by atoms with E-state index in [1.54, 1.807) is 0 Å². The molecule has 1 rings (SSSR count). The van der Waals surface area contributed by atoms with Gasteiger partial charge in [0.15, 0.2) is 0 Å². The van der Waals surface area contributed by atoms with Crippen molar-refractivity contribution in [3.8, 4) is 0 Å². The third-order valence-electron chi connectivity index (χ3n) is 1.11. The first-order valence-electron chi connectivity index (χ1n) is 3.66. The van der Waals surface area contributed by atoms with Gasteiger partial charge in [0.05, 0.1) is 13.2 Å². The van der Waals surface area contributed by atoms with Crippen molar-refractivity contribution in [1.82, 2.24) is 0 Å². The zero-order chi connectivity index (χ0) is 9.23. The van der Waals surface area contributed by atoms with Gasteiger partial charge in [-0.05, 0) is 5.56 Å². The number of aliphatic hydroxyl groups is 2. The van der Waals surface area contributed by atoms with E-state index in [4.69, 9.17) is 21.8 Å². The normalized spacial score (nSPS) is 8.58. The lowest BCUT2D eigenvalue weighted by molar-refractivity contribution is 0.282. The summed E-state index contributed by atoms with van der Waals surface area (Å²) in [7, 11) is 0. The largest absolute Gasteiger partial charge is 0.395 e. The third kappa shape index (κ3) is 6.16. The van der Waals surface area contributed by atoms with Crippen LogP contribution in [0.5, 0.6) is 0 Å². The van der Waals surface area contributed by atoms with Crippen LogP contribution < -0.4 is 0 Å². The highest BCUT2D eigenvalue weighted by Gasteiger charge is 1.81. The SMILES string of the molecule is OCCCl.OCc1ccccc1. The first kappa shape index (κ1) is 11.4. The van der Waals surface area contributed by atoms with E-state index in [0.717, 1.165) is 5.56 Å². The van der Waals surface area contributed by atoms with Crippen LogP contribution in [0.15, 0.2) is 30.3 Å². The lowest BCUT2D eigenvalue weighted by atomic mass is 10.2. The van der Waals surface area contributed by atoms with E-state index >= 15 is 0 Å². The lowest BCUT2D eigenvalue weighted by Gasteiger charge is -1.89. The fourth-order valence-corrected chi connectivity index (χ4v) is 0.583. The average molecular weight is 189 g/mol. The molecule has 0 saturated carbocycles. The van der Waals surface area contributed by atoms with E-state index in [9.17, 15) is 0 Å². The second-order valence-corrected chi connectivity index (χ2v) is 2.43. The number of alkyl halides is 1. The van der Waals surface area contributed by atoms with Crippen LogP contribution in [-0.4, -0.2) is 22.7 Å². The molecule has 0 aliphatic rings. The van der Waals surface area contributed by atoms with Gasteiger partial charge in [-0.15, -0.1) is 11.6 Å². The zero-order valence-electron chi connectivity index (χ0n) is 6.78. The molecular weight excluding hydrogens is 176 g/mol. The molecule has 2 N–H and O–H groups in total. The quantitative estimate of drug-likeness (QED) is 0.689. The zero-order valence-corrected chi connectivity index (χ0v) is 7.54. The Kier molecular flexibility index (Phi) is 8.12. The van der Waals surface area contributed by atoms with Gasteiger partial charge in [0.25, 0.3) is 0 Å². The molecule has 12 heavy (non-hydrogen) atoms. The second kappa shape index (κ2) is 8.53. The molecule has 3 heteroatoms. The molecule has 0 bridgehead atoms. The maximum Gasteiger partial charge on any atom is 0.0681 e. The van der Waals surface area contributed by atoms with Gasteiger partial charge in [-0.25, -0.2) is 0 Å². The Labute approximate surface area is 77.4 Å². The molecule has 1 aromatic rings. The molecule has 0 radical (unpaired) electrons. The van der Waals surface area contributed by atoms with E-state index in [-0.39, 0.29) is 13.2 Å². The predicted molar refractivity (Wildman–Crippen MR) is 50.2 cm³/mol. The first-order valence-corrected chi connectivity index (χ1v) is 4.20. The summed E-state index contributed by atoms with van der Waals surface area (Å²) in [4.78, 5) is 0. The molecule has 0 spiro atoms. The fraction of sp³-hybridized carbons (Fsp3) is 0.333. The van der Waals surface area contributed by atoms with Crippen LogP contribution in [-0.2, 0) is 6.61 Å². The summed E-state index contributed by atoms with van der Waals surface area (Å²) in [6.45, 7) is 0.225. The molecule has 68 valence electrons. The maximum absolute atomic E-state index is 8.54. The van der Waals surface area contributed by atoms with Crippen molar-refractivity contribution in [3.63, 3.8) is 0 Å². The minimum atomic E-state index is 0.0849. The second-order valence-electron chi connectivity index (χ2n) is 2.06. The van der Waals surface area contributed by atoms with Crippen molar-refractivity contribution in [2.24, 2.45) is 0 Å². The summed E-state index contributed by atoms with van der Waals surface area (Å²) in [5, 5.41) is 16.3. The van der Waals surface area contributed by atoms with Crippen molar-refractivity contribution < 1.29 is 10.2 Å². The van der Waals surface area contributed by atoms with E-state index < -0.39 is 0 Å². The Bertz CT molecular complexity index is 175. The summed E-state index contributed by atoms with van der Waals surface area (Å²) in [5.41, 5.74) is 0.965. The Hall–Kier alpha value is -0.570. The molecule has 0 unspecified atom stereocenters. The van der Waals surface area contributed by atoms with E-state index in [2.05, 4.69) is 0 Å². The summed E-state index contributed by atoms with van der Waals surface area (Å²) in [6, 6.07) is 9.52. The minimum absolute atomic E-state index is 0.0849. The van der Waals surface area contributed by atoms with E-state index in [1.165, 1.54) is 0 Å². The number of aliphatic hydroxyl groups excluding tert-OH is 2. The van der Waals surface area contributed by atoms with E-state index in [1.807, 2.05) is 30.3 Å². The summed E-state index contributed by atoms with van der Waals surface area (Å²) < 4.78 is 0. The molecule has 0 aliphatic heterocycles. The van der Waals surface area contributed by atoms with Gasteiger partial charge >= 0.3 is 0 Å². The molecule has 0 atom stereocenters. The Morgan fingerprint density at radius 2 is 1.58 bits per heavy atom. The number of benzene rings is 1. The summed E-state index contributed by atoms with van der Waals surface area (Å²) >= 11 is 4.94. The molecule has 0 aliphatic carbocycles. The van der Waals surface area contributed by atoms with Crippen LogP contribution in [0.4, 0.5) is 0 Å². The summed E-state index contributed by atoms with van der Waals surface area (Å²) in [5.74, 6) is 0.347. The van der Waals surface area contributed by atoms with Gasteiger partial charge in [-0.2, -0.15) is 0 Å². The Morgan fingerprint density at radius 3 is 1.83 bits per heavy atom. The van der Waals surface area contributed by atoms with Gasteiger partial charge in [0.2, 0.25) is 0 Å². The molecular formula is C9H13ClO2.